The third kappa shape index (κ3) is 2.74. The molecule has 2 N–H and O–H groups in total. The van der Waals surface area contributed by atoms with Gasteiger partial charge < -0.3 is 10.6 Å². The fraction of sp³-hybridized carbons (Fsp3) is 0.500. The van der Waals surface area contributed by atoms with Gasteiger partial charge in [0.2, 0.25) is 0 Å². The summed E-state index contributed by atoms with van der Waals surface area (Å²) in [7, 11) is 1.88. The second kappa shape index (κ2) is 3.95. The summed E-state index contributed by atoms with van der Waals surface area (Å²) in [6.07, 6.45) is 1.43. The maximum Gasteiger partial charge on any atom is 0.195 e. The van der Waals surface area contributed by atoms with E-state index < -0.39 is 0 Å². The van der Waals surface area contributed by atoms with E-state index in [0.717, 1.165) is 6.54 Å². The smallest absolute Gasteiger partial charge is 0.195 e. The highest BCUT2D eigenvalue weighted by Gasteiger charge is 1.93. The molecule has 0 heterocycles. The van der Waals surface area contributed by atoms with E-state index in [0.29, 0.717) is 5.96 Å². The first-order chi connectivity index (χ1) is 4.22. The molecule has 0 aliphatic heterocycles. The Bertz CT molecular complexity index is 117. The van der Waals surface area contributed by atoms with Gasteiger partial charge >= 0.3 is 0 Å². The van der Waals surface area contributed by atoms with Crippen LogP contribution in [0.5, 0.6) is 0 Å². The fourth-order valence-corrected chi connectivity index (χ4v) is 0.354. The van der Waals surface area contributed by atoms with Gasteiger partial charge in [-0.2, -0.15) is 0 Å². The van der Waals surface area contributed by atoms with E-state index in [1.807, 2.05) is 18.9 Å². The Morgan fingerprint density at radius 1 is 1.89 bits per heavy atom. The van der Waals surface area contributed by atoms with Crippen LogP contribution in [0.3, 0.4) is 0 Å². The molecule has 0 fully saturated rings. The van der Waals surface area contributed by atoms with Gasteiger partial charge in [0.25, 0.3) is 0 Å². The predicted octanol–water partition coefficient (Wildman–Crippen LogP) is 0.396. The van der Waals surface area contributed by atoms with Crippen LogP contribution in [0, 0.1) is 0 Å². The van der Waals surface area contributed by atoms with Crippen molar-refractivity contribution in [1.29, 1.82) is 0 Å². The van der Waals surface area contributed by atoms with Crippen molar-refractivity contribution in [3.05, 3.63) is 12.8 Å². The number of aliphatic imine (C=N–C) groups is 1. The average molecular weight is 127 g/mol. The van der Waals surface area contributed by atoms with Crippen LogP contribution < -0.4 is 5.73 Å². The molecular weight excluding hydrogens is 114 g/mol. The van der Waals surface area contributed by atoms with Gasteiger partial charge in [0.1, 0.15) is 0 Å². The summed E-state index contributed by atoms with van der Waals surface area (Å²) in [4.78, 5) is 5.61. The Morgan fingerprint density at radius 3 is 2.78 bits per heavy atom. The van der Waals surface area contributed by atoms with Crippen molar-refractivity contribution in [2.75, 3.05) is 13.6 Å². The monoisotopic (exact) mass is 127 g/mol. The minimum absolute atomic E-state index is 0.507. The van der Waals surface area contributed by atoms with Gasteiger partial charge in [-0.1, -0.05) is 6.58 Å². The lowest BCUT2D eigenvalue weighted by atomic mass is 10.6. The van der Waals surface area contributed by atoms with E-state index in [2.05, 4.69) is 11.6 Å². The molecule has 3 heteroatoms. The van der Waals surface area contributed by atoms with Crippen molar-refractivity contribution in [3.63, 3.8) is 0 Å². The van der Waals surface area contributed by atoms with Gasteiger partial charge in [0, 0.05) is 19.8 Å². The molecule has 0 aromatic carbocycles. The van der Waals surface area contributed by atoms with Gasteiger partial charge in [-0.15, -0.1) is 0 Å². The molecule has 0 amide bonds. The van der Waals surface area contributed by atoms with Crippen LogP contribution in [-0.2, 0) is 0 Å². The normalized spacial score (nSPS) is 11.1. The summed E-state index contributed by atoms with van der Waals surface area (Å²) in [5.41, 5.74) is 5.44. The molecule has 9 heavy (non-hydrogen) atoms. The van der Waals surface area contributed by atoms with Crippen molar-refractivity contribution < 1.29 is 0 Å². The highest BCUT2D eigenvalue weighted by molar-refractivity contribution is 5.78. The third-order valence-electron chi connectivity index (χ3n) is 1.09. The zero-order valence-corrected chi connectivity index (χ0v) is 5.96. The average Bonchev–Trinajstić information content (AvgIpc) is 1.87. The Kier molecular flexibility index (Phi) is 3.51. The molecule has 0 saturated carbocycles. The van der Waals surface area contributed by atoms with Crippen molar-refractivity contribution in [2.45, 2.75) is 6.92 Å². The lowest BCUT2D eigenvalue weighted by Crippen LogP contribution is -2.33. The molecule has 52 valence electrons. The Morgan fingerprint density at radius 2 is 2.44 bits per heavy atom. The largest absolute Gasteiger partial charge is 0.370 e. The summed E-state index contributed by atoms with van der Waals surface area (Å²) in [6, 6.07) is 0. The molecule has 0 aromatic rings. The van der Waals surface area contributed by atoms with E-state index in [4.69, 9.17) is 5.73 Å². The van der Waals surface area contributed by atoms with E-state index in [-0.39, 0.29) is 0 Å². The molecule has 3 nitrogen and oxygen atoms in total. The summed E-state index contributed by atoms with van der Waals surface area (Å²) in [5.74, 6) is 0.507. The SMILES string of the molecule is C=C/N=C(/N)N(C)CC. The second-order valence-corrected chi connectivity index (χ2v) is 1.68. The number of hydrogen-bond donors (Lipinski definition) is 1. The highest BCUT2D eigenvalue weighted by atomic mass is 15.2. The van der Waals surface area contributed by atoms with Gasteiger partial charge in [0.15, 0.2) is 5.96 Å². The molecule has 0 aromatic heterocycles. The summed E-state index contributed by atoms with van der Waals surface area (Å²) < 4.78 is 0. The van der Waals surface area contributed by atoms with Crippen LogP contribution in [0.4, 0.5) is 0 Å². The van der Waals surface area contributed by atoms with Crippen molar-refractivity contribution >= 4 is 5.96 Å². The van der Waals surface area contributed by atoms with Gasteiger partial charge in [0.05, 0.1) is 0 Å². The Labute approximate surface area is 55.9 Å². The Hall–Kier alpha value is -0.990. The maximum absolute atomic E-state index is 5.44. The number of guanidine groups is 1. The topological polar surface area (TPSA) is 41.6 Å². The van der Waals surface area contributed by atoms with Crippen LogP contribution in [0.25, 0.3) is 0 Å². The van der Waals surface area contributed by atoms with E-state index in [9.17, 15) is 0 Å². The zero-order chi connectivity index (χ0) is 7.28. The molecule has 0 aliphatic carbocycles. The summed E-state index contributed by atoms with van der Waals surface area (Å²) in [5, 5.41) is 0. The van der Waals surface area contributed by atoms with Crippen LogP contribution in [0.15, 0.2) is 17.8 Å². The quantitative estimate of drug-likeness (QED) is 0.431. The molecule has 0 rings (SSSR count). The molecular formula is C6H13N3. The molecule has 0 unspecified atom stereocenters. The molecule has 0 aliphatic rings. The summed E-state index contributed by atoms with van der Waals surface area (Å²) in [6.45, 7) is 6.29. The number of nitrogens with two attached hydrogens (primary N) is 1. The van der Waals surface area contributed by atoms with Gasteiger partial charge in [-0.3, -0.25) is 0 Å². The van der Waals surface area contributed by atoms with E-state index in [1.54, 1.807) is 0 Å². The third-order valence-corrected chi connectivity index (χ3v) is 1.09. The second-order valence-electron chi connectivity index (χ2n) is 1.68. The Balaban J connectivity index is 3.84. The molecule has 0 saturated heterocycles. The fourth-order valence-electron chi connectivity index (χ4n) is 0.354. The van der Waals surface area contributed by atoms with Crippen LogP contribution in [0.2, 0.25) is 0 Å². The summed E-state index contributed by atoms with van der Waals surface area (Å²) >= 11 is 0. The van der Waals surface area contributed by atoms with Gasteiger partial charge in [-0.05, 0) is 6.92 Å². The van der Waals surface area contributed by atoms with Crippen molar-refractivity contribution in [1.82, 2.24) is 4.90 Å². The minimum atomic E-state index is 0.507. The predicted molar refractivity (Wildman–Crippen MR) is 40.1 cm³/mol. The standard InChI is InChI=1S/C6H13N3/c1-4-8-6(7)9(3)5-2/h4H,1,5H2,2-3H3,(H2,7,8). The van der Waals surface area contributed by atoms with E-state index in [1.165, 1.54) is 6.20 Å². The van der Waals surface area contributed by atoms with Crippen molar-refractivity contribution in [2.24, 2.45) is 10.7 Å². The van der Waals surface area contributed by atoms with Crippen LogP contribution >= 0.6 is 0 Å². The number of rotatable bonds is 2. The first-order valence-corrected chi connectivity index (χ1v) is 2.87. The van der Waals surface area contributed by atoms with Gasteiger partial charge in [-0.25, -0.2) is 4.99 Å². The van der Waals surface area contributed by atoms with Crippen LogP contribution in [0.1, 0.15) is 6.92 Å². The van der Waals surface area contributed by atoms with E-state index >= 15 is 0 Å². The lowest BCUT2D eigenvalue weighted by Gasteiger charge is -2.13. The lowest BCUT2D eigenvalue weighted by molar-refractivity contribution is 0.529. The first-order valence-electron chi connectivity index (χ1n) is 2.87. The molecule has 0 spiro atoms. The number of hydrogen-bond acceptors (Lipinski definition) is 1. The maximum atomic E-state index is 5.44. The molecule has 0 atom stereocenters. The molecule has 0 radical (unpaired) electrons. The first kappa shape index (κ1) is 8.01. The van der Waals surface area contributed by atoms with Crippen LogP contribution in [-0.4, -0.2) is 24.5 Å². The zero-order valence-electron chi connectivity index (χ0n) is 5.96. The molecule has 0 bridgehead atoms. The minimum Gasteiger partial charge on any atom is -0.370 e. The highest BCUT2D eigenvalue weighted by Crippen LogP contribution is 1.80. The van der Waals surface area contributed by atoms with Crippen molar-refractivity contribution in [3.8, 4) is 0 Å². The number of nitrogens with zero attached hydrogens (tertiary/aromatic N) is 2.